The molecule has 0 aromatic heterocycles. The monoisotopic (exact) mass is 405 g/mol. The molecular formula is C21H25Cl2N3O. The van der Waals surface area contributed by atoms with Crippen molar-refractivity contribution in [1.82, 2.24) is 9.80 Å². The Kier molecular flexibility index (Phi) is 5.90. The van der Waals surface area contributed by atoms with Crippen LogP contribution in [0.2, 0.25) is 10.0 Å². The van der Waals surface area contributed by atoms with E-state index in [1.54, 1.807) is 0 Å². The smallest absolute Gasteiger partial charge is 0.0887 e. The zero-order valence-electron chi connectivity index (χ0n) is 15.3. The van der Waals surface area contributed by atoms with Crippen molar-refractivity contribution in [1.29, 1.82) is 0 Å². The summed E-state index contributed by atoms with van der Waals surface area (Å²) >= 11 is 12.0. The molecule has 6 heteroatoms. The first kappa shape index (κ1) is 19.0. The first-order valence-electron chi connectivity index (χ1n) is 9.48. The predicted octanol–water partition coefficient (Wildman–Crippen LogP) is 3.36. The average Bonchev–Trinajstić information content (AvgIpc) is 3.06. The van der Waals surface area contributed by atoms with Gasteiger partial charge in [-0.1, -0.05) is 35.3 Å². The molecule has 4 rings (SSSR count). The second kappa shape index (κ2) is 8.38. The Bertz CT molecular complexity index is 745. The lowest BCUT2D eigenvalue weighted by Gasteiger charge is -2.38. The van der Waals surface area contributed by atoms with E-state index in [0.29, 0.717) is 6.54 Å². The summed E-state index contributed by atoms with van der Waals surface area (Å²) in [6.45, 7) is 6.51. The van der Waals surface area contributed by atoms with Crippen LogP contribution in [0.3, 0.4) is 0 Å². The summed E-state index contributed by atoms with van der Waals surface area (Å²) in [5.41, 5.74) is 2.42. The van der Waals surface area contributed by atoms with Crippen LogP contribution in [0.4, 0.5) is 5.69 Å². The number of rotatable bonds is 4. The number of aliphatic hydroxyl groups excluding tert-OH is 1. The lowest BCUT2D eigenvalue weighted by Crippen LogP contribution is -2.53. The molecule has 0 radical (unpaired) electrons. The molecule has 2 aromatic carbocycles. The molecule has 2 aliphatic rings. The maximum absolute atomic E-state index is 10.6. The lowest BCUT2D eigenvalue weighted by molar-refractivity contribution is 0.0424. The molecule has 2 atom stereocenters. The first-order chi connectivity index (χ1) is 13.1. The molecule has 0 amide bonds. The fraction of sp³-hybridized carbons (Fsp3) is 0.429. The highest BCUT2D eigenvalue weighted by atomic mass is 35.5. The highest BCUT2D eigenvalue weighted by Gasteiger charge is 2.36. The molecule has 4 nitrogen and oxygen atoms in total. The Morgan fingerprint density at radius 2 is 1.41 bits per heavy atom. The summed E-state index contributed by atoms with van der Waals surface area (Å²) in [4.78, 5) is 7.17. The Balaban J connectivity index is 1.31. The largest absolute Gasteiger partial charge is 0.390 e. The van der Waals surface area contributed by atoms with E-state index in [1.807, 2.05) is 36.4 Å². The van der Waals surface area contributed by atoms with Gasteiger partial charge in [0.25, 0.3) is 0 Å². The van der Waals surface area contributed by atoms with Gasteiger partial charge < -0.3 is 10.0 Å². The molecule has 0 bridgehead atoms. The highest BCUT2D eigenvalue weighted by Crippen LogP contribution is 2.25. The van der Waals surface area contributed by atoms with Gasteiger partial charge in [-0.3, -0.25) is 9.80 Å². The molecule has 2 heterocycles. The Hall–Kier alpha value is -1.30. The minimum absolute atomic E-state index is 0.193. The Morgan fingerprint density at radius 3 is 2.04 bits per heavy atom. The van der Waals surface area contributed by atoms with Crippen molar-refractivity contribution in [3.8, 4) is 0 Å². The van der Waals surface area contributed by atoms with Gasteiger partial charge in [0.15, 0.2) is 0 Å². The van der Waals surface area contributed by atoms with Gasteiger partial charge in [-0.15, -0.1) is 0 Å². The van der Waals surface area contributed by atoms with Gasteiger partial charge in [-0.05, 0) is 42.0 Å². The molecule has 2 aromatic rings. The minimum Gasteiger partial charge on any atom is -0.390 e. The van der Waals surface area contributed by atoms with E-state index in [4.69, 9.17) is 23.2 Å². The lowest BCUT2D eigenvalue weighted by atomic mass is 10.1. The second-order valence-corrected chi connectivity index (χ2v) is 8.33. The van der Waals surface area contributed by atoms with Crippen LogP contribution in [0.5, 0.6) is 0 Å². The molecule has 1 N–H and O–H groups in total. The maximum atomic E-state index is 10.6. The third-order valence-electron chi connectivity index (χ3n) is 5.65. The van der Waals surface area contributed by atoms with Crippen LogP contribution >= 0.6 is 23.2 Å². The number of benzene rings is 2. The van der Waals surface area contributed by atoms with E-state index in [-0.39, 0.29) is 12.1 Å². The molecule has 0 saturated carbocycles. The maximum Gasteiger partial charge on any atom is 0.0887 e. The van der Waals surface area contributed by atoms with Gasteiger partial charge >= 0.3 is 0 Å². The molecule has 2 aliphatic heterocycles. The van der Waals surface area contributed by atoms with Crippen molar-refractivity contribution in [2.24, 2.45) is 0 Å². The third-order valence-corrected chi connectivity index (χ3v) is 6.15. The topological polar surface area (TPSA) is 30.0 Å². The van der Waals surface area contributed by atoms with E-state index in [0.717, 1.165) is 55.0 Å². The summed E-state index contributed by atoms with van der Waals surface area (Å²) in [6, 6.07) is 16.2. The van der Waals surface area contributed by atoms with E-state index in [1.165, 1.54) is 5.56 Å². The minimum atomic E-state index is -0.316. The van der Waals surface area contributed by atoms with Crippen molar-refractivity contribution in [2.75, 3.05) is 44.2 Å². The molecule has 0 spiro atoms. The zero-order chi connectivity index (χ0) is 18.8. The number of aliphatic hydroxyl groups is 1. The fourth-order valence-corrected chi connectivity index (χ4v) is 4.34. The summed E-state index contributed by atoms with van der Waals surface area (Å²) in [5, 5.41) is 12.1. The molecular weight excluding hydrogens is 381 g/mol. The normalized spacial score (nSPS) is 24.5. The quantitative estimate of drug-likeness (QED) is 0.844. The van der Waals surface area contributed by atoms with Crippen LogP contribution in [0.15, 0.2) is 48.5 Å². The van der Waals surface area contributed by atoms with Gasteiger partial charge in [0.2, 0.25) is 0 Å². The molecule has 0 unspecified atom stereocenters. The van der Waals surface area contributed by atoms with Gasteiger partial charge in [-0.2, -0.15) is 0 Å². The predicted molar refractivity (Wildman–Crippen MR) is 112 cm³/mol. The van der Waals surface area contributed by atoms with Gasteiger partial charge in [0.1, 0.15) is 0 Å². The molecule has 0 aliphatic carbocycles. The van der Waals surface area contributed by atoms with Gasteiger partial charge in [-0.25, -0.2) is 0 Å². The number of nitrogens with zero attached hydrogens (tertiary/aromatic N) is 3. The third kappa shape index (κ3) is 4.58. The summed E-state index contributed by atoms with van der Waals surface area (Å²) in [5.74, 6) is 0. The van der Waals surface area contributed by atoms with Crippen LogP contribution < -0.4 is 4.90 Å². The van der Waals surface area contributed by atoms with Gasteiger partial charge in [0.05, 0.1) is 12.1 Å². The number of anilines is 1. The van der Waals surface area contributed by atoms with Crippen molar-refractivity contribution in [3.63, 3.8) is 0 Å². The van der Waals surface area contributed by atoms with Crippen LogP contribution in [-0.4, -0.2) is 66.3 Å². The van der Waals surface area contributed by atoms with Crippen molar-refractivity contribution in [2.45, 2.75) is 18.7 Å². The standard InChI is InChI=1S/C21H25Cl2N3O/c22-17-3-1-16(2-4-17)13-24-9-11-25(12-10-24)20-14-26(15-21(20)27)19-7-5-18(23)6-8-19/h1-8,20-21,27H,9-15H2/t20-,21-/m1/s1. The number of hydrogen-bond acceptors (Lipinski definition) is 4. The van der Waals surface area contributed by atoms with Crippen LogP contribution in [-0.2, 0) is 6.54 Å². The fourth-order valence-electron chi connectivity index (χ4n) is 4.09. The summed E-state index contributed by atoms with van der Waals surface area (Å²) in [7, 11) is 0. The molecule has 144 valence electrons. The van der Waals surface area contributed by atoms with Gasteiger partial charge in [0, 0.05) is 61.5 Å². The van der Waals surface area contributed by atoms with E-state index in [2.05, 4.69) is 26.8 Å². The Morgan fingerprint density at radius 1 is 0.815 bits per heavy atom. The number of halogens is 2. The van der Waals surface area contributed by atoms with Crippen molar-refractivity contribution in [3.05, 3.63) is 64.1 Å². The highest BCUT2D eigenvalue weighted by molar-refractivity contribution is 6.30. The first-order valence-corrected chi connectivity index (χ1v) is 10.2. The average molecular weight is 406 g/mol. The van der Waals surface area contributed by atoms with Crippen molar-refractivity contribution < 1.29 is 5.11 Å². The second-order valence-electron chi connectivity index (χ2n) is 7.45. The summed E-state index contributed by atoms with van der Waals surface area (Å²) < 4.78 is 0. The molecule has 2 saturated heterocycles. The van der Waals surface area contributed by atoms with E-state index < -0.39 is 0 Å². The zero-order valence-corrected chi connectivity index (χ0v) is 16.8. The summed E-state index contributed by atoms with van der Waals surface area (Å²) in [6.07, 6.45) is -0.316. The molecule has 27 heavy (non-hydrogen) atoms. The van der Waals surface area contributed by atoms with E-state index in [9.17, 15) is 5.11 Å². The van der Waals surface area contributed by atoms with Crippen molar-refractivity contribution >= 4 is 28.9 Å². The SMILES string of the molecule is O[C@@H]1CN(c2ccc(Cl)cc2)C[C@H]1N1CCN(Cc2ccc(Cl)cc2)CC1. The van der Waals surface area contributed by atoms with Crippen LogP contribution in [0, 0.1) is 0 Å². The Labute approximate surface area is 170 Å². The number of piperazine rings is 1. The number of β-amino-alcohol motifs (C(OH)–C–C–N with tert-alkyl or cyclic N) is 1. The van der Waals surface area contributed by atoms with Crippen LogP contribution in [0.1, 0.15) is 5.56 Å². The number of hydrogen-bond donors (Lipinski definition) is 1. The van der Waals surface area contributed by atoms with Crippen LogP contribution in [0.25, 0.3) is 0 Å². The molecule has 2 fully saturated rings. The van der Waals surface area contributed by atoms with E-state index >= 15 is 0 Å².